The van der Waals surface area contributed by atoms with E-state index in [2.05, 4.69) is 5.32 Å². The first-order valence-corrected chi connectivity index (χ1v) is 3.17. The Balaban J connectivity index is 3.41. The summed E-state index contributed by atoms with van der Waals surface area (Å²) in [6.07, 6.45) is -0.876. The highest BCUT2D eigenvalue weighted by Gasteiger charge is 2.15. The van der Waals surface area contributed by atoms with Gasteiger partial charge in [0, 0.05) is 0 Å². The highest BCUT2D eigenvalue weighted by molar-refractivity contribution is 4.64. The Bertz CT molecular complexity index is 66.1. The molecule has 0 radical (unpaired) electrons. The third-order valence-electron chi connectivity index (χ3n) is 1.27. The van der Waals surface area contributed by atoms with Crippen molar-refractivity contribution in [3.63, 3.8) is 0 Å². The summed E-state index contributed by atoms with van der Waals surface area (Å²) in [5.74, 6) is 0. The van der Waals surface area contributed by atoms with Crippen LogP contribution < -0.4 is 5.32 Å². The maximum atomic E-state index is 11.8. The Hall–Kier alpha value is -0.180. The first-order valence-electron chi connectivity index (χ1n) is 3.17. The zero-order chi connectivity index (χ0) is 7.28. The molecule has 0 aromatic heterocycles. The van der Waals surface area contributed by atoms with Gasteiger partial charge in [0.15, 0.2) is 0 Å². The third kappa shape index (κ3) is 3.40. The maximum absolute atomic E-state index is 11.8. The predicted octanol–water partition coefficient (Wildman–Crippen LogP) is 1.64. The molecule has 0 heterocycles. The molecule has 0 amide bonds. The molecule has 1 nitrogen and oxygen atoms in total. The molecular formula is C6H13F2N. The van der Waals surface area contributed by atoms with E-state index < -0.39 is 12.5 Å². The van der Waals surface area contributed by atoms with Gasteiger partial charge in [-0.1, -0.05) is 13.3 Å². The average Bonchev–Trinajstić information content (AvgIpc) is 1.82. The molecule has 9 heavy (non-hydrogen) atoms. The molecule has 1 unspecified atom stereocenters. The van der Waals surface area contributed by atoms with Gasteiger partial charge in [-0.3, -0.25) is 0 Å². The largest absolute Gasteiger partial charge is 0.312 e. The molecule has 0 spiro atoms. The topological polar surface area (TPSA) is 12.0 Å². The number of halogens is 2. The van der Waals surface area contributed by atoms with Gasteiger partial charge >= 0.3 is 0 Å². The van der Waals surface area contributed by atoms with Crippen LogP contribution in [0.1, 0.15) is 19.8 Å². The lowest BCUT2D eigenvalue weighted by Gasteiger charge is -2.12. The average molecular weight is 137 g/mol. The molecular weight excluding hydrogens is 124 g/mol. The molecule has 56 valence electrons. The standard InChI is InChI=1S/C6H13F2N/c1-3-4-5(9-2)6(7)8/h5-6,9H,3-4H2,1-2H3. The van der Waals surface area contributed by atoms with E-state index in [1.807, 2.05) is 6.92 Å². The summed E-state index contributed by atoms with van der Waals surface area (Å²) in [7, 11) is 1.56. The van der Waals surface area contributed by atoms with E-state index in [0.29, 0.717) is 6.42 Å². The summed E-state index contributed by atoms with van der Waals surface area (Å²) in [6.45, 7) is 1.90. The van der Waals surface area contributed by atoms with Crippen molar-refractivity contribution in [2.75, 3.05) is 7.05 Å². The highest BCUT2D eigenvalue weighted by Crippen LogP contribution is 2.05. The van der Waals surface area contributed by atoms with Crippen LogP contribution in [0.15, 0.2) is 0 Å². The number of alkyl halides is 2. The van der Waals surface area contributed by atoms with Gasteiger partial charge in [-0.15, -0.1) is 0 Å². The van der Waals surface area contributed by atoms with Crippen molar-refractivity contribution < 1.29 is 8.78 Å². The van der Waals surface area contributed by atoms with Crippen LogP contribution in [0, 0.1) is 0 Å². The normalized spacial score (nSPS) is 14.3. The molecule has 0 aromatic rings. The molecule has 0 aromatic carbocycles. The van der Waals surface area contributed by atoms with Crippen LogP contribution in [0.3, 0.4) is 0 Å². The van der Waals surface area contributed by atoms with Gasteiger partial charge in [0.25, 0.3) is 6.43 Å². The molecule has 0 saturated carbocycles. The summed E-state index contributed by atoms with van der Waals surface area (Å²) in [5.41, 5.74) is 0. The van der Waals surface area contributed by atoms with Crippen molar-refractivity contribution in [1.82, 2.24) is 5.32 Å². The lowest BCUT2D eigenvalue weighted by atomic mass is 10.2. The zero-order valence-electron chi connectivity index (χ0n) is 5.82. The van der Waals surface area contributed by atoms with Crippen molar-refractivity contribution in [3.8, 4) is 0 Å². The molecule has 0 aliphatic carbocycles. The van der Waals surface area contributed by atoms with E-state index in [9.17, 15) is 8.78 Å². The second-order valence-electron chi connectivity index (χ2n) is 2.02. The number of nitrogens with one attached hydrogen (secondary N) is 1. The Morgan fingerprint density at radius 1 is 1.44 bits per heavy atom. The first kappa shape index (κ1) is 8.82. The van der Waals surface area contributed by atoms with Crippen molar-refractivity contribution in [2.45, 2.75) is 32.2 Å². The highest BCUT2D eigenvalue weighted by atomic mass is 19.3. The summed E-state index contributed by atoms with van der Waals surface area (Å²) in [4.78, 5) is 0. The van der Waals surface area contributed by atoms with Gasteiger partial charge in [-0.05, 0) is 13.5 Å². The van der Waals surface area contributed by atoms with Crippen LogP contribution in [0.5, 0.6) is 0 Å². The molecule has 0 fully saturated rings. The Kier molecular flexibility index (Phi) is 4.58. The minimum Gasteiger partial charge on any atom is -0.312 e. The molecule has 3 heteroatoms. The van der Waals surface area contributed by atoms with E-state index in [4.69, 9.17) is 0 Å². The monoisotopic (exact) mass is 137 g/mol. The maximum Gasteiger partial charge on any atom is 0.253 e. The molecule has 0 saturated heterocycles. The van der Waals surface area contributed by atoms with Crippen LogP contribution in [0.4, 0.5) is 8.78 Å². The van der Waals surface area contributed by atoms with Crippen LogP contribution >= 0.6 is 0 Å². The van der Waals surface area contributed by atoms with Gasteiger partial charge in [0.2, 0.25) is 0 Å². The lowest BCUT2D eigenvalue weighted by molar-refractivity contribution is 0.0976. The number of hydrogen-bond donors (Lipinski definition) is 1. The fraction of sp³-hybridized carbons (Fsp3) is 1.00. The van der Waals surface area contributed by atoms with E-state index in [1.165, 1.54) is 0 Å². The van der Waals surface area contributed by atoms with Crippen LogP contribution in [0.25, 0.3) is 0 Å². The van der Waals surface area contributed by atoms with Gasteiger partial charge in [0.05, 0.1) is 6.04 Å². The lowest BCUT2D eigenvalue weighted by Crippen LogP contribution is -2.32. The fourth-order valence-electron chi connectivity index (χ4n) is 0.707. The SMILES string of the molecule is CCCC(NC)C(F)F. The Labute approximate surface area is 54.4 Å². The van der Waals surface area contributed by atoms with E-state index >= 15 is 0 Å². The van der Waals surface area contributed by atoms with Crippen molar-refractivity contribution >= 4 is 0 Å². The molecule has 0 aliphatic rings. The van der Waals surface area contributed by atoms with Crippen molar-refractivity contribution in [1.29, 1.82) is 0 Å². The number of hydrogen-bond acceptors (Lipinski definition) is 1. The fourth-order valence-corrected chi connectivity index (χ4v) is 0.707. The summed E-state index contributed by atoms with van der Waals surface area (Å²) in [6, 6.07) is -0.616. The van der Waals surface area contributed by atoms with Gasteiger partial charge in [-0.2, -0.15) is 0 Å². The van der Waals surface area contributed by atoms with E-state index in [1.54, 1.807) is 7.05 Å². The Morgan fingerprint density at radius 2 is 2.00 bits per heavy atom. The second-order valence-corrected chi connectivity index (χ2v) is 2.02. The smallest absolute Gasteiger partial charge is 0.253 e. The summed E-state index contributed by atoms with van der Waals surface area (Å²) in [5, 5.41) is 2.55. The predicted molar refractivity (Wildman–Crippen MR) is 33.8 cm³/mol. The number of rotatable bonds is 4. The molecule has 1 atom stereocenters. The second kappa shape index (κ2) is 4.68. The molecule has 0 aliphatic heterocycles. The minimum atomic E-state index is -2.23. The van der Waals surface area contributed by atoms with Gasteiger partial charge in [-0.25, -0.2) is 8.78 Å². The van der Waals surface area contributed by atoms with Crippen molar-refractivity contribution in [3.05, 3.63) is 0 Å². The van der Waals surface area contributed by atoms with Crippen molar-refractivity contribution in [2.24, 2.45) is 0 Å². The summed E-state index contributed by atoms with van der Waals surface area (Å²) >= 11 is 0. The van der Waals surface area contributed by atoms with Crippen LogP contribution in [0.2, 0.25) is 0 Å². The minimum absolute atomic E-state index is 0.550. The third-order valence-corrected chi connectivity index (χ3v) is 1.27. The molecule has 0 rings (SSSR count). The van der Waals surface area contributed by atoms with Crippen LogP contribution in [-0.2, 0) is 0 Å². The zero-order valence-corrected chi connectivity index (χ0v) is 5.82. The quantitative estimate of drug-likeness (QED) is 0.621. The van der Waals surface area contributed by atoms with E-state index in [-0.39, 0.29) is 0 Å². The summed E-state index contributed by atoms with van der Waals surface area (Å²) < 4.78 is 23.6. The van der Waals surface area contributed by atoms with E-state index in [0.717, 1.165) is 6.42 Å². The van der Waals surface area contributed by atoms with Gasteiger partial charge < -0.3 is 5.32 Å². The molecule has 0 bridgehead atoms. The first-order chi connectivity index (χ1) is 4.22. The van der Waals surface area contributed by atoms with Crippen LogP contribution in [-0.4, -0.2) is 19.5 Å². The van der Waals surface area contributed by atoms with Gasteiger partial charge in [0.1, 0.15) is 0 Å². The molecule has 1 N–H and O–H groups in total. The Morgan fingerprint density at radius 3 is 2.11 bits per heavy atom.